The van der Waals surface area contributed by atoms with E-state index < -0.39 is 0 Å². The Morgan fingerprint density at radius 2 is 1.86 bits per heavy atom. The molecule has 2 N–H and O–H groups in total. The molecule has 4 fully saturated rings. The summed E-state index contributed by atoms with van der Waals surface area (Å²) in [4.78, 5) is 16.0. The number of anilines is 2. The van der Waals surface area contributed by atoms with E-state index in [1.54, 1.807) is 4.90 Å². The number of hydrogen-bond acceptors (Lipinski definition) is 3. The van der Waals surface area contributed by atoms with Crippen molar-refractivity contribution in [2.45, 2.75) is 18.9 Å². The zero-order valence-electron chi connectivity index (χ0n) is 12.2. The smallest absolute Gasteiger partial charge is 0.321 e. The van der Waals surface area contributed by atoms with E-state index in [1.165, 1.54) is 32.5 Å². The van der Waals surface area contributed by atoms with Crippen molar-refractivity contribution in [2.24, 2.45) is 5.92 Å². The number of fused-ring (bicyclic) bond motifs is 3. The molecule has 2 amide bonds. The average Bonchev–Trinajstić information content (AvgIpc) is 2.95. The number of hydrogen-bond donors (Lipinski definition) is 2. The Morgan fingerprint density at radius 1 is 1.10 bits per heavy atom. The lowest BCUT2D eigenvalue weighted by atomic mass is 9.84. The molecule has 1 aromatic rings. The third-order valence-electron chi connectivity index (χ3n) is 5.04. The van der Waals surface area contributed by atoms with Gasteiger partial charge < -0.3 is 15.5 Å². The first kappa shape index (κ1) is 13.0. The minimum atomic E-state index is 0.00750. The molecular formula is C16H22N4O. The van der Waals surface area contributed by atoms with Gasteiger partial charge in [0.15, 0.2) is 0 Å². The van der Waals surface area contributed by atoms with Gasteiger partial charge in [0, 0.05) is 37.1 Å². The number of carbonyl (C=O) groups is 1. The highest BCUT2D eigenvalue weighted by molar-refractivity contribution is 5.94. The van der Waals surface area contributed by atoms with Crippen LogP contribution in [0.15, 0.2) is 24.3 Å². The highest BCUT2D eigenvalue weighted by atomic mass is 16.2. The Morgan fingerprint density at radius 3 is 2.43 bits per heavy atom. The first-order chi connectivity index (χ1) is 10.3. The lowest BCUT2D eigenvalue weighted by Gasteiger charge is -2.45. The van der Waals surface area contributed by atoms with Crippen LogP contribution in [0.2, 0.25) is 0 Å². The summed E-state index contributed by atoms with van der Waals surface area (Å²) in [6.07, 6.45) is 2.65. The number of urea groups is 1. The summed E-state index contributed by atoms with van der Waals surface area (Å²) < 4.78 is 0. The Kier molecular flexibility index (Phi) is 3.22. The zero-order chi connectivity index (χ0) is 14.2. The van der Waals surface area contributed by atoms with Gasteiger partial charge in [0.1, 0.15) is 0 Å². The number of piperidine rings is 3. The molecule has 4 saturated heterocycles. The van der Waals surface area contributed by atoms with Crippen molar-refractivity contribution in [3.63, 3.8) is 0 Å². The molecule has 0 saturated carbocycles. The van der Waals surface area contributed by atoms with Gasteiger partial charge in [0.2, 0.25) is 0 Å². The van der Waals surface area contributed by atoms with E-state index in [2.05, 4.69) is 27.7 Å². The summed E-state index contributed by atoms with van der Waals surface area (Å²) in [6, 6.07) is 8.85. The van der Waals surface area contributed by atoms with Crippen molar-refractivity contribution in [3.05, 3.63) is 24.3 Å². The summed E-state index contributed by atoms with van der Waals surface area (Å²) in [5.41, 5.74) is 2.14. The maximum atomic E-state index is 11.7. The van der Waals surface area contributed by atoms with Crippen molar-refractivity contribution in [2.75, 3.05) is 42.9 Å². The van der Waals surface area contributed by atoms with Crippen LogP contribution in [-0.2, 0) is 0 Å². The summed E-state index contributed by atoms with van der Waals surface area (Å²) >= 11 is 0. The number of amides is 2. The Hall–Kier alpha value is -1.75. The third kappa shape index (κ3) is 2.46. The van der Waals surface area contributed by atoms with Crippen molar-refractivity contribution in [1.82, 2.24) is 10.2 Å². The summed E-state index contributed by atoms with van der Waals surface area (Å²) in [5, 5.41) is 6.51. The number of nitrogens with zero attached hydrogens (tertiary/aromatic N) is 2. The maximum absolute atomic E-state index is 11.7. The van der Waals surface area contributed by atoms with Crippen LogP contribution in [0.1, 0.15) is 12.8 Å². The van der Waals surface area contributed by atoms with Gasteiger partial charge in [-0.05, 0) is 56.1 Å². The molecule has 5 heteroatoms. The first-order valence-corrected chi connectivity index (χ1v) is 7.94. The quantitative estimate of drug-likeness (QED) is 0.889. The van der Waals surface area contributed by atoms with Gasteiger partial charge in [-0.1, -0.05) is 0 Å². The average molecular weight is 286 g/mol. The van der Waals surface area contributed by atoms with Crippen molar-refractivity contribution >= 4 is 17.4 Å². The predicted molar refractivity (Wildman–Crippen MR) is 83.8 cm³/mol. The molecule has 21 heavy (non-hydrogen) atoms. The summed E-state index contributed by atoms with van der Waals surface area (Å²) in [6.45, 7) is 5.20. The number of rotatable bonds is 3. The minimum absolute atomic E-state index is 0.00750. The predicted octanol–water partition coefficient (Wildman–Crippen LogP) is 1.72. The molecule has 5 rings (SSSR count). The van der Waals surface area contributed by atoms with Crippen LogP contribution in [0.5, 0.6) is 0 Å². The lowest BCUT2D eigenvalue weighted by Crippen LogP contribution is -2.53. The van der Waals surface area contributed by atoms with Gasteiger partial charge >= 0.3 is 6.03 Å². The van der Waals surface area contributed by atoms with Crippen LogP contribution >= 0.6 is 0 Å². The third-order valence-corrected chi connectivity index (χ3v) is 5.04. The monoisotopic (exact) mass is 286 g/mol. The first-order valence-electron chi connectivity index (χ1n) is 7.94. The number of carbonyl (C=O) groups excluding carboxylic acids is 1. The van der Waals surface area contributed by atoms with E-state index in [-0.39, 0.29) is 6.03 Å². The molecule has 1 unspecified atom stereocenters. The minimum Gasteiger partial charge on any atom is -0.381 e. The molecule has 112 valence electrons. The van der Waals surface area contributed by atoms with Gasteiger partial charge in [-0.3, -0.25) is 4.90 Å². The van der Waals surface area contributed by atoms with E-state index in [0.717, 1.165) is 30.4 Å². The summed E-state index contributed by atoms with van der Waals surface area (Å²) in [5.74, 6) is 0.819. The van der Waals surface area contributed by atoms with Gasteiger partial charge in [-0.15, -0.1) is 0 Å². The molecule has 0 aliphatic carbocycles. The molecule has 4 aliphatic heterocycles. The second kappa shape index (κ2) is 5.22. The van der Waals surface area contributed by atoms with E-state index in [1.807, 2.05) is 12.1 Å². The van der Waals surface area contributed by atoms with E-state index in [9.17, 15) is 4.79 Å². The molecule has 4 heterocycles. The second-order valence-corrected chi connectivity index (χ2v) is 6.32. The molecular weight excluding hydrogens is 264 g/mol. The fourth-order valence-electron chi connectivity index (χ4n) is 3.80. The SMILES string of the molecule is O=C1NCCN1c1ccc(NC2CN3CCC2CC3)cc1. The van der Waals surface area contributed by atoms with Gasteiger partial charge in [0.25, 0.3) is 0 Å². The van der Waals surface area contributed by atoms with E-state index in [0.29, 0.717) is 6.04 Å². The fourth-order valence-corrected chi connectivity index (χ4v) is 3.80. The Bertz CT molecular complexity index is 522. The largest absolute Gasteiger partial charge is 0.381 e. The fraction of sp³-hybridized carbons (Fsp3) is 0.562. The highest BCUT2D eigenvalue weighted by Gasteiger charge is 2.33. The molecule has 0 aromatic heterocycles. The number of nitrogens with one attached hydrogen (secondary N) is 2. The van der Waals surface area contributed by atoms with Crippen molar-refractivity contribution < 1.29 is 4.79 Å². The van der Waals surface area contributed by atoms with Crippen molar-refractivity contribution in [1.29, 1.82) is 0 Å². The molecule has 1 aromatic carbocycles. The maximum Gasteiger partial charge on any atom is 0.321 e. The molecule has 4 aliphatic rings. The molecule has 5 nitrogen and oxygen atoms in total. The second-order valence-electron chi connectivity index (χ2n) is 6.32. The number of benzene rings is 1. The van der Waals surface area contributed by atoms with Crippen molar-refractivity contribution in [3.8, 4) is 0 Å². The molecule has 1 atom stereocenters. The topological polar surface area (TPSA) is 47.6 Å². The molecule has 0 spiro atoms. The van der Waals surface area contributed by atoms with Crippen LogP contribution in [0.4, 0.5) is 16.2 Å². The van der Waals surface area contributed by atoms with E-state index in [4.69, 9.17) is 0 Å². The van der Waals surface area contributed by atoms with Crippen LogP contribution in [0, 0.1) is 5.92 Å². The highest BCUT2D eigenvalue weighted by Crippen LogP contribution is 2.30. The van der Waals surface area contributed by atoms with E-state index >= 15 is 0 Å². The van der Waals surface area contributed by atoms with Crippen LogP contribution in [0.3, 0.4) is 0 Å². The Labute approximate surface area is 125 Å². The van der Waals surface area contributed by atoms with Gasteiger partial charge in [-0.2, -0.15) is 0 Å². The van der Waals surface area contributed by atoms with Crippen LogP contribution in [-0.4, -0.2) is 49.7 Å². The van der Waals surface area contributed by atoms with Gasteiger partial charge in [-0.25, -0.2) is 4.79 Å². The van der Waals surface area contributed by atoms with Crippen LogP contribution in [0.25, 0.3) is 0 Å². The van der Waals surface area contributed by atoms with Gasteiger partial charge in [0.05, 0.1) is 0 Å². The zero-order valence-corrected chi connectivity index (χ0v) is 12.2. The standard InChI is InChI=1S/C16H22N4O/c21-16-17-7-10-20(16)14-3-1-13(2-4-14)18-15-11-19-8-5-12(15)6-9-19/h1-4,12,15,18H,5-11H2,(H,17,21). The molecule has 0 radical (unpaired) electrons. The normalized spacial score (nSPS) is 31.3. The lowest BCUT2D eigenvalue weighted by molar-refractivity contribution is 0.0975. The Balaban J connectivity index is 1.43. The van der Waals surface area contributed by atoms with Crippen LogP contribution < -0.4 is 15.5 Å². The molecule has 2 bridgehead atoms. The summed E-state index contributed by atoms with van der Waals surface area (Å²) in [7, 11) is 0.